The first-order valence-electron chi connectivity index (χ1n) is 5.68. The van der Waals surface area contributed by atoms with Crippen LogP contribution in [0.2, 0.25) is 0 Å². The normalized spacial score (nSPS) is 34.2. The van der Waals surface area contributed by atoms with E-state index >= 15 is 0 Å². The standard InChI is InChI=1S/C12H20O4/c1-7-5-6-8(2)10(12(14)16-4)9(7)11(13)15-3/h7-10H,5-6H2,1-4H3. The van der Waals surface area contributed by atoms with Crippen molar-refractivity contribution in [1.29, 1.82) is 0 Å². The number of rotatable bonds is 2. The topological polar surface area (TPSA) is 52.6 Å². The summed E-state index contributed by atoms with van der Waals surface area (Å²) in [5.74, 6) is -0.966. The van der Waals surface area contributed by atoms with Gasteiger partial charge in [-0.15, -0.1) is 0 Å². The Kier molecular flexibility index (Phi) is 4.33. The molecule has 1 aliphatic carbocycles. The Morgan fingerprint density at radius 1 is 0.875 bits per heavy atom. The van der Waals surface area contributed by atoms with Gasteiger partial charge in [0.25, 0.3) is 0 Å². The fraction of sp³-hybridized carbons (Fsp3) is 0.833. The number of methoxy groups -OCH3 is 2. The van der Waals surface area contributed by atoms with E-state index in [9.17, 15) is 9.59 Å². The van der Waals surface area contributed by atoms with Crippen molar-refractivity contribution in [3.63, 3.8) is 0 Å². The lowest BCUT2D eigenvalue weighted by atomic mass is 9.67. The van der Waals surface area contributed by atoms with Gasteiger partial charge in [0, 0.05) is 0 Å². The molecule has 1 aliphatic rings. The number of esters is 2. The van der Waals surface area contributed by atoms with E-state index in [1.54, 1.807) is 0 Å². The van der Waals surface area contributed by atoms with Gasteiger partial charge in [-0.05, 0) is 24.7 Å². The molecule has 4 unspecified atom stereocenters. The van der Waals surface area contributed by atoms with Crippen LogP contribution >= 0.6 is 0 Å². The number of hydrogen-bond donors (Lipinski definition) is 0. The Morgan fingerprint density at radius 2 is 1.19 bits per heavy atom. The van der Waals surface area contributed by atoms with Crippen molar-refractivity contribution in [2.75, 3.05) is 14.2 Å². The molecule has 1 rings (SSSR count). The summed E-state index contributed by atoms with van der Waals surface area (Å²) >= 11 is 0. The third-order valence-electron chi connectivity index (χ3n) is 3.64. The van der Waals surface area contributed by atoms with Crippen molar-refractivity contribution in [3.05, 3.63) is 0 Å². The Balaban J connectivity index is 2.94. The third-order valence-corrected chi connectivity index (χ3v) is 3.64. The van der Waals surface area contributed by atoms with Crippen LogP contribution in [-0.2, 0) is 19.1 Å². The first kappa shape index (κ1) is 13.0. The van der Waals surface area contributed by atoms with Crippen LogP contribution in [-0.4, -0.2) is 26.2 Å². The van der Waals surface area contributed by atoms with Gasteiger partial charge in [0.2, 0.25) is 0 Å². The van der Waals surface area contributed by atoms with E-state index in [1.165, 1.54) is 14.2 Å². The number of ether oxygens (including phenoxy) is 2. The molecule has 4 nitrogen and oxygen atoms in total. The monoisotopic (exact) mass is 228 g/mol. The Bertz CT molecular complexity index is 246. The first-order chi connectivity index (χ1) is 7.52. The zero-order valence-electron chi connectivity index (χ0n) is 10.4. The molecule has 1 saturated carbocycles. The molecule has 0 bridgehead atoms. The van der Waals surface area contributed by atoms with Gasteiger partial charge in [0.05, 0.1) is 26.1 Å². The molecule has 0 aromatic heterocycles. The van der Waals surface area contributed by atoms with Gasteiger partial charge in [0.1, 0.15) is 0 Å². The van der Waals surface area contributed by atoms with Crippen molar-refractivity contribution >= 4 is 11.9 Å². The smallest absolute Gasteiger partial charge is 0.309 e. The summed E-state index contributed by atoms with van der Waals surface area (Å²) in [7, 11) is 2.73. The van der Waals surface area contributed by atoms with E-state index in [2.05, 4.69) is 0 Å². The predicted octanol–water partition coefficient (Wildman–Crippen LogP) is 1.63. The molecule has 0 radical (unpaired) electrons. The molecule has 1 fully saturated rings. The van der Waals surface area contributed by atoms with Crippen molar-refractivity contribution in [2.45, 2.75) is 26.7 Å². The largest absolute Gasteiger partial charge is 0.469 e. The second-order valence-corrected chi connectivity index (χ2v) is 4.63. The van der Waals surface area contributed by atoms with Gasteiger partial charge in [-0.3, -0.25) is 9.59 Å². The maximum atomic E-state index is 11.7. The molecule has 0 aromatic carbocycles. The van der Waals surface area contributed by atoms with E-state index in [4.69, 9.17) is 9.47 Å². The fourth-order valence-corrected chi connectivity index (χ4v) is 2.62. The molecular formula is C12H20O4. The molecule has 0 N–H and O–H groups in total. The van der Waals surface area contributed by atoms with Crippen LogP contribution in [0.4, 0.5) is 0 Å². The molecule has 0 aromatic rings. The van der Waals surface area contributed by atoms with E-state index < -0.39 is 0 Å². The van der Waals surface area contributed by atoms with Crippen LogP contribution in [0.1, 0.15) is 26.7 Å². The van der Waals surface area contributed by atoms with Gasteiger partial charge in [-0.25, -0.2) is 0 Å². The third kappa shape index (κ3) is 2.36. The molecular weight excluding hydrogens is 208 g/mol. The molecule has 0 heterocycles. The lowest BCUT2D eigenvalue weighted by molar-refractivity contribution is -0.164. The molecule has 16 heavy (non-hydrogen) atoms. The minimum Gasteiger partial charge on any atom is -0.469 e. The lowest BCUT2D eigenvalue weighted by Crippen LogP contribution is -2.42. The SMILES string of the molecule is COC(=O)C1C(C)CCC(C)C1C(=O)OC. The Labute approximate surface area is 96.3 Å². The number of carbonyl (C=O) groups is 2. The average molecular weight is 228 g/mol. The van der Waals surface area contributed by atoms with Crippen LogP contribution in [0.3, 0.4) is 0 Å². The van der Waals surface area contributed by atoms with Crippen LogP contribution in [0.25, 0.3) is 0 Å². The second-order valence-electron chi connectivity index (χ2n) is 4.63. The summed E-state index contributed by atoms with van der Waals surface area (Å²) in [4.78, 5) is 23.4. The maximum absolute atomic E-state index is 11.7. The van der Waals surface area contributed by atoms with E-state index in [0.29, 0.717) is 0 Å². The second kappa shape index (κ2) is 5.32. The van der Waals surface area contributed by atoms with Crippen molar-refractivity contribution in [2.24, 2.45) is 23.7 Å². The van der Waals surface area contributed by atoms with Gasteiger partial charge >= 0.3 is 11.9 Å². The summed E-state index contributed by atoms with van der Waals surface area (Å²) < 4.78 is 9.57. The molecule has 0 amide bonds. The lowest BCUT2D eigenvalue weighted by Gasteiger charge is -2.37. The summed E-state index contributed by atoms with van der Waals surface area (Å²) in [6.45, 7) is 3.98. The molecule has 4 heteroatoms. The number of carbonyl (C=O) groups excluding carboxylic acids is 2. The average Bonchev–Trinajstić information content (AvgIpc) is 2.29. The minimum atomic E-state index is -0.360. The molecule has 0 spiro atoms. The van der Waals surface area contributed by atoms with Crippen molar-refractivity contribution in [3.8, 4) is 0 Å². The molecule has 0 aliphatic heterocycles. The zero-order valence-corrected chi connectivity index (χ0v) is 10.4. The van der Waals surface area contributed by atoms with Gasteiger partial charge in [-0.2, -0.15) is 0 Å². The number of hydrogen-bond acceptors (Lipinski definition) is 4. The van der Waals surface area contributed by atoms with Crippen LogP contribution in [0, 0.1) is 23.7 Å². The van der Waals surface area contributed by atoms with E-state index in [-0.39, 0.29) is 35.6 Å². The van der Waals surface area contributed by atoms with Crippen molar-refractivity contribution < 1.29 is 19.1 Å². The summed E-state index contributed by atoms with van der Waals surface area (Å²) in [6.07, 6.45) is 1.91. The highest BCUT2D eigenvalue weighted by Gasteiger charge is 2.45. The minimum absolute atomic E-state index is 0.174. The van der Waals surface area contributed by atoms with Crippen LogP contribution in [0.15, 0.2) is 0 Å². The Morgan fingerprint density at radius 3 is 1.44 bits per heavy atom. The molecule has 0 saturated heterocycles. The quantitative estimate of drug-likeness (QED) is 0.674. The zero-order chi connectivity index (χ0) is 12.3. The summed E-state index contributed by atoms with van der Waals surface area (Å²) in [6, 6.07) is 0. The highest BCUT2D eigenvalue weighted by Crippen LogP contribution is 2.39. The maximum Gasteiger partial charge on any atom is 0.309 e. The van der Waals surface area contributed by atoms with Crippen LogP contribution in [0.5, 0.6) is 0 Å². The predicted molar refractivity (Wildman–Crippen MR) is 58.6 cm³/mol. The van der Waals surface area contributed by atoms with Crippen LogP contribution < -0.4 is 0 Å². The first-order valence-corrected chi connectivity index (χ1v) is 5.68. The van der Waals surface area contributed by atoms with Gasteiger partial charge in [0.15, 0.2) is 0 Å². The highest BCUT2D eigenvalue weighted by molar-refractivity contribution is 5.82. The van der Waals surface area contributed by atoms with Gasteiger partial charge in [-0.1, -0.05) is 13.8 Å². The van der Waals surface area contributed by atoms with Gasteiger partial charge < -0.3 is 9.47 Å². The molecule has 92 valence electrons. The van der Waals surface area contributed by atoms with E-state index in [0.717, 1.165) is 12.8 Å². The fourth-order valence-electron chi connectivity index (χ4n) is 2.62. The van der Waals surface area contributed by atoms with Crippen molar-refractivity contribution in [1.82, 2.24) is 0 Å². The Hall–Kier alpha value is -1.06. The highest BCUT2D eigenvalue weighted by atomic mass is 16.5. The summed E-state index contributed by atoms with van der Waals surface area (Å²) in [5, 5.41) is 0. The molecule has 4 atom stereocenters. The summed E-state index contributed by atoms with van der Waals surface area (Å²) in [5.41, 5.74) is 0. The van der Waals surface area contributed by atoms with E-state index in [1.807, 2.05) is 13.8 Å².